The highest BCUT2D eigenvalue weighted by Gasteiger charge is 2.58. The van der Waals surface area contributed by atoms with Gasteiger partial charge in [0.2, 0.25) is 0 Å². The van der Waals surface area contributed by atoms with E-state index in [1.165, 1.54) is 24.8 Å². The number of rotatable bonds is 5. The lowest BCUT2D eigenvalue weighted by Crippen LogP contribution is -2.50. The van der Waals surface area contributed by atoms with Crippen molar-refractivity contribution in [2.24, 2.45) is 28.6 Å². The van der Waals surface area contributed by atoms with Crippen LogP contribution in [0.4, 0.5) is 0 Å². The Kier molecular flexibility index (Phi) is 5.15. The van der Waals surface area contributed by atoms with Crippen LogP contribution in [0.25, 0.3) is 0 Å². The average molecular weight is 387 g/mol. The molecule has 0 radical (unpaired) electrons. The molecule has 0 aromatic rings. The molecule has 4 aliphatic rings. The SMILES string of the molecule is CCOC1(OCC)CC[C@@]2(C)C(=CC=C3[C@@H]4CC[C@H](C(C)=O)[C@@]4(C)CC[C@@H]32)C1. The maximum absolute atomic E-state index is 12.3. The summed E-state index contributed by atoms with van der Waals surface area (Å²) in [6.07, 6.45) is 12.5. The van der Waals surface area contributed by atoms with Crippen molar-refractivity contribution in [1.82, 2.24) is 0 Å². The van der Waals surface area contributed by atoms with Gasteiger partial charge >= 0.3 is 0 Å². The van der Waals surface area contributed by atoms with Crippen molar-refractivity contribution in [2.75, 3.05) is 13.2 Å². The Balaban J connectivity index is 1.66. The third-order valence-electron chi connectivity index (χ3n) is 8.88. The first-order chi connectivity index (χ1) is 13.3. The van der Waals surface area contributed by atoms with E-state index < -0.39 is 5.79 Å². The zero-order chi connectivity index (χ0) is 20.2. The standard InChI is InChI=1S/C25H38O3/c1-6-27-25(28-7-2)15-14-23(4)18(16-25)8-9-19-21-11-10-20(17(3)26)24(21,5)13-12-22(19)23/h8-9,20-22H,6-7,10-16H2,1-5H3/t20-,21+,22+,23+,24-/m1/s1. The zero-order valence-electron chi connectivity index (χ0n) is 18.5. The molecule has 3 fully saturated rings. The minimum atomic E-state index is -0.434. The van der Waals surface area contributed by atoms with Gasteiger partial charge in [-0.2, -0.15) is 0 Å². The predicted octanol–water partition coefficient (Wildman–Crippen LogP) is 5.84. The highest BCUT2D eigenvalue weighted by molar-refractivity contribution is 5.79. The van der Waals surface area contributed by atoms with Crippen LogP contribution in [0.2, 0.25) is 0 Å². The van der Waals surface area contributed by atoms with Crippen LogP contribution in [0.3, 0.4) is 0 Å². The molecule has 0 amide bonds. The lowest BCUT2D eigenvalue weighted by molar-refractivity contribution is -0.248. The van der Waals surface area contributed by atoms with Gasteiger partial charge in [0, 0.05) is 32.0 Å². The monoisotopic (exact) mass is 386 g/mol. The number of ether oxygens (including phenoxy) is 2. The Bertz CT molecular complexity index is 699. The smallest absolute Gasteiger partial charge is 0.171 e. The van der Waals surface area contributed by atoms with Crippen molar-refractivity contribution < 1.29 is 14.3 Å². The number of ketones is 1. The molecule has 0 spiro atoms. The maximum Gasteiger partial charge on any atom is 0.171 e. The van der Waals surface area contributed by atoms with Crippen LogP contribution in [-0.2, 0) is 14.3 Å². The predicted molar refractivity (Wildman–Crippen MR) is 112 cm³/mol. The summed E-state index contributed by atoms with van der Waals surface area (Å²) in [4.78, 5) is 12.3. The summed E-state index contributed by atoms with van der Waals surface area (Å²) in [7, 11) is 0. The van der Waals surface area contributed by atoms with Crippen LogP contribution in [0.5, 0.6) is 0 Å². The lowest BCUT2D eigenvalue weighted by atomic mass is 9.50. The Labute approximate surface area is 170 Å². The molecule has 5 atom stereocenters. The van der Waals surface area contributed by atoms with Crippen LogP contribution in [0.1, 0.15) is 79.6 Å². The molecule has 0 saturated heterocycles. The summed E-state index contributed by atoms with van der Waals surface area (Å²) in [6, 6.07) is 0. The second-order valence-corrected chi connectivity index (χ2v) is 10.1. The molecule has 3 nitrogen and oxygen atoms in total. The van der Waals surface area contributed by atoms with Crippen molar-refractivity contribution in [3.8, 4) is 0 Å². The Hall–Kier alpha value is -0.930. The van der Waals surface area contributed by atoms with Crippen molar-refractivity contribution in [3.05, 3.63) is 23.3 Å². The second-order valence-electron chi connectivity index (χ2n) is 10.1. The summed E-state index contributed by atoms with van der Waals surface area (Å²) in [5.41, 5.74) is 3.55. The number of hydrogen-bond donors (Lipinski definition) is 0. The van der Waals surface area contributed by atoms with E-state index in [0.29, 0.717) is 30.8 Å². The normalized spacial score (nSPS) is 41.4. The van der Waals surface area contributed by atoms with Gasteiger partial charge in [0.1, 0.15) is 5.78 Å². The molecule has 156 valence electrons. The first-order valence-corrected chi connectivity index (χ1v) is 11.5. The van der Waals surface area contributed by atoms with E-state index in [-0.39, 0.29) is 16.7 Å². The Morgan fingerprint density at radius 3 is 2.36 bits per heavy atom. The fraction of sp³-hybridized carbons (Fsp3) is 0.800. The zero-order valence-corrected chi connectivity index (χ0v) is 18.5. The lowest BCUT2D eigenvalue weighted by Gasteiger charge is -2.56. The van der Waals surface area contributed by atoms with E-state index in [1.54, 1.807) is 12.5 Å². The van der Waals surface area contributed by atoms with Gasteiger partial charge in [-0.15, -0.1) is 0 Å². The van der Waals surface area contributed by atoms with E-state index >= 15 is 0 Å². The van der Waals surface area contributed by atoms with Crippen molar-refractivity contribution >= 4 is 5.78 Å². The summed E-state index contributed by atoms with van der Waals surface area (Å²) in [5, 5.41) is 0. The largest absolute Gasteiger partial charge is 0.350 e. The summed E-state index contributed by atoms with van der Waals surface area (Å²) in [6.45, 7) is 12.2. The molecular formula is C25H38O3. The summed E-state index contributed by atoms with van der Waals surface area (Å²) >= 11 is 0. The molecule has 0 aliphatic heterocycles. The molecule has 0 aromatic heterocycles. The van der Waals surface area contributed by atoms with Gasteiger partial charge in [-0.25, -0.2) is 0 Å². The molecule has 4 rings (SSSR count). The van der Waals surface area contributed by atoms with Gasteiger partial charge < -0.3 is 9.47 Å². The number of Topliss-reactive ketones (excluding diaryl/α,β-unsaturated/α-hetero) is 1. The second kappa shape index (κ2) is 7.09. The molecule has 3 saturated carbocycles. The number of fused-ring (bicyclic) bond motifs is 5. The van der Waals surface area contributed by atoms with Crippen LogP contribution in [0, 0.1) is 28.6 Å². The molecule has 28 heavy (non-hydrogen) atoms. The first-order valence-electron chi connectivity index (χ1n) is 11.5. The fourth-order valence-corrected chi connectivity index (χ4v) is 7.43. The molecule has 0 aromatic carbocycles. The molecule has 3 heteroatoms. The van der Waals surface area contributed by atoms with Crippen LogP contribution < -0.4 is 0 Å². The van der Waals surface area contributed by atoms with Gasteiger partial charge in [0.15, 0.2) is 5.79 Å². The van der Waals surface area contributed by atoms with Gasteiger partial charge in [0.05, 0.1) is 0 Å². The van der Waals surface area contributed by atoms with E-state index in [9.17, 15) is 4.79 Å². The Morgan fingerprint density at radius 1 is 1.00 bits per heavy atom. The van der Waals surface area contributed by atoms with Crippen molar-refractivity contribution in [1.29, 1.82) is 0 Å². The quantitative estimate of drug-likeness (QED) is 0.557. The van der Waals surface area contributed by atoms with Gasteiger partial charge in [-0.3, -0.25) is 4.79 Å². The van der Waals surface area contributed by atoms with Gasteiger partial charge in [-0.1, -0.05) is 37.1 Å². The van der Waals surface area contributed by atoms with Crippen LogP contribution >= 0.6 is 0 Å². The number of carbonyl (C=O) groups excluding carboxylic acids is 1. The third kappa shape index (κ3) is 2.88. The molecule has 4 aliphatic carbocycles. The van der Waals surface area contributed by atoms with Crippen molar-refractivity contribution in [2.45, 2.75) is 85.4 Å². The van der Waals surface area contributed by atoms with E-state index in [4.69, 9.17) is 9.47 Å². The molecule has 0 unspecified atom stereocenters. The summed E-state index contributed by atoms with van der Waals surface area (Å²) in [5.74, 6) is 1.43. The van der Waals surface area contributed by atoms with Gasteiger partial charge in [-0.05, 0) is 75.5 Å². The number of allylic oxidation sites excluding steroid dienone is 3. The number of carbonyl (C=O) groups is 1. The van der Waals surface area contributed by atoms with Crippen LogP contribution in [-0.4, -0.2) is 24.8 Å². The molecule has 0 N–H and O–H groups in total. The van der Waals surface area contributed by atoms with Crippen molar-refractivity contribution in [3.63, 3.8) is 0 Å². The molecular weight excluding hydrogens is 348 g/mol. The molecule has 0 heterocycles. The Morgan fingerprint density at radius 2 is 1.71 bits per heavy atom. The number of hydrogen-bond acceptors (Lipinski definition) is 3. The third-order valence-corrected chi connectivity index (χ3v) is 8.88. The highest BCUT2D eigenvalue weighted by Crippen LogP contribution is 2.65. The molecule has 0 bridgehead atoms. The minimum absolute atomic E-state index is 0.172. The topological polar surface area (TPSA) is 35.5 Å². The van der Waals surface area contributed by atoms with E-state index in [0.717, 1.165) is 25.7 Å². The fourth-order valence-electron chi connectivity index (χ4n) is 7.43. The average Bonchev–Trinajstić information content (AvgIpc) is 3.00. The van der Waals surface area contributed by atoms with E-state index in [2.05, 4.69) is 39.8 Å². The highest BCUT2D eigenvalue weighted by atomic mass is 16.7. The van der Waals surface area contributed by atoms with Crippen LogP contribution in [0.15, 0.2) is 23.3 Å². The van der Waals surface area contributed by atoms with E-state index in [1.807, 2.05) is 0 Å². The minimum Gasteiger partial charge on any atom is -0.350 e. The van der Waals surface area contributed by atoms with Gasteiger partial charge in [0.25, 0.3) is 0 Å². The first kappa shape index (κ1) is 20.3. The summed E-state index contributed by atoms with van der Waals surface area (Å²) < 4.78 is 12.3. The maximum atomic E-state index is 12.3.